The Morgan fingerprint density at radius 1 is 1.43 bits per heavy atom. The van der Waals surface area contributed by atoms with Crippen LogP contribution in [0, 0.1) is 18.3 Å². The van der Waals surface area contributed by atoms with Gasteiger partial charge in [-0.2, -0.15) is 0 Å². The van der Waals surface area contributed by atoms with Gasteiger partial charge < -0.3 is 10.2 Å². The van der Waals surface area contributed by atoms with Gasteiger partial charge in [-0.15, -0.1) is 6.42 Å². The Balaban J connectivity index is 2.06. The number of likely N-dealkylation sites (tertiary alicyclic amines) is 1. The molecule has 1 N–H and O–H groups in total. The predicted octanol–water partition coefficient (Wildman–Crippen LogP) is 2.71. The lowest BCUT2D eigenvalue weighted by atomic mass is 9.79. The summed E-state index contributed by atoms with van der Waals surface area (Å²) in [5.74, 6) is 4.85. The standard InChI is InChI=1S/C18H25N3/c1-4-12-20-18(19-3)21-13-11-17(15(5-2)14-21)16-9-7-6-8-10-16/h1,6-10,15,17H,5,11-14H2,2-3H3,(H,19,20). The summed E-state index contributed by atoms with van der Waals surface area (Å²) in [4.78, 5) is 6.69. The zero-order valence-electron chi connectivity index (χ0n) is 13.0. The fourth-order valence-electron chi connectivity index (χ4n) is 3.24. The highest BCUT2D eigenvalue weighted by molar-refractivity contribution is 5.80. The minimum absolute atomic E-state index is 0.530. The van der Waals surface area contributed by atoms with Crippen LogP contribution in [0.4, 0.5) is 0 Å². The minimum Gasteiger partial charge on any atom is -0.345 e. The number of benzene rings is 1. The number of terminal acetylenes is 1. The van der Waals surface area contributed by atoms with Crippen molar-refractivity contribution < 1.29 is 0 Å². The van der Waals surface area contributed by atoms with Crippen molar-refractivity contribution in [3.05, 3.63) is 35.9 Å². The van der Waals surface area contributed by atoms with Crippen LogP contribution in [0.25, 0.3) is 0 Å². The summed E-state index contributed by atoms with van der Waals surface area (Å²) in [6.45, 7) is 4.88. The van der Waals surface area contributed by atoms with Crippen LogP contribution >= 0.6 is 0 Å². The second-order valence-electron chi connectivity index (χ2n) is 5.53. The maximum absolute atomic E-state index is 5.33. The van der Waals surface area contributed by atoms with Crippen molar-refractivity contribution in [1.82, 2.24) is 10.2 Å². The van der Waals surface area contributed by atoms with E-state index in [2.05, 4.69) is 58.4 Å². The summed E-state index contributed by atoms with van der Waals surface area (Å²) in [5, 5.41) is 3.23. The first-order valence-electron chi connectivity index (χ1n) is 7.74. The van der Waals surface area contributed by atoms with Crippen LogP contribution in [0.5, 0.6) is 0 Å². The highest BCUT2D eigenvalue weighted by Crippen LogP contribution is 2.34. The van der Waals surface area contributed by atoms with E-state index in [9.17, 15) is 0 Å². The molecule has 2 rings (SSSR count). The summed E-state index contributed by atoms with van der Waals surface area (Å²) in [6, 6.07) is 10.9. The molecule has 1 aromatic carbocycles. The molecule has 0 radical (unpaired) electrons. The molecule has 2 unspecified atom stereocenters. The van der Waals surface area contributed by atoms with Crippen LogP contribution in [-0.4, -0.2) is 37.5 Å². The number of guanidine groups is 1. The van der Waals surface area contributed by atoms with Crippen LogP contribution in [0.3, 0.4) is 0 Å². The van der Waals surface area contributed by atoms with Gasteiger partial charge in [0, 0.05) is 20.1 Å². The fraction of sp³-hybridized carbons (Fsp3) is 0.500. The molecule has 3 heteroatoms. The first kappa shape index (κ1) is 15.4. The highest BCUT2D eigenvalue weighted by atomic mass is 15.3. The van der Waals surface area contributed by atoms with Crippen molar-refractivity contribution in [2.24, 2.45) is 10.9 Å². The second-order valence-corrected chi connectivity index (χ2v) is 5.53. The van der Waals surface area contributed by atoms with Crippen LogP contribution in [0.2, 0.25) is 0 Å². The van der Waals surface area contributed by atoms with Crippen LogP contribution < -0.4 is 5.32 Å². The SMILES string of the molecule is C#CCNC(=NC)N1CCC(c2ccccc2)C(CC)C1. The molecule has 1 saturated heterocycles. The molecule has 0 saturated carbocycles. The third kappa shape index (κ3) is 3.78. The lowest BCUT2D eigenvalue weighted by Gasteiger charge is -2.40. The predicted molar refractivity (Wildman–Crippen MR) is 89.3 cm³/mol. The Bertz CT molecular complexity index is 501. The summed E-state index contributed by atoms with van der Waals surface area (Å²) in [6.07, 6.45) is 7.68. The molecule has 1 aromatic rings. The summed E-state index contributed by atoms with van der Waals surface area (Å²) in [5.41, 5.74) is 1.47. The van der Waals surface area contributed by atoms with E-state index in [0.717, 1.165) is 19.0 Å². The van der Waals surface area contributed by atoms with Gasteiger partial charge in [0.1, 0.15) is 0 Å². The molecule has 1 aliphatic rings. The van der Waals surface area contributed by atoms with E-state index >= 15 is 0 Å². The van der Waals surface area contributed by atoms with Gasteiger partial charge in [-0.1, -0.05) is 49.6 Å². The number of nitrogens with zero attached hydrogens (tertiary/aromatic N) is 2. The van der Waals surface area contributed by atoms with Gasteiger partial charge in [0.2, 0.25) is 0 Å². The smallest absolute Gasteiger partial charge is 0.194 e. The zero-order chi connectivity index (χ0) is 15.1. The Labute approximate surface area is 128 Å². The molecule has 0 aliphatic carbocycles. The van der Waals surface area contributed by atoms with Crippen LogP contribution in [0.15, 0.2) is 35.3 Å². The lowest BCUT2D eigenvalue weighted by molar-refractivity contribution is 0.216. The first-order valence-corrected chi connectivity index (χ1v) is 7.74. The van der Waals surface area contributed by atoms with Crippen molar-refractivity contribution in [3.63, 3.8) is 0 Å². The van der Waals surface area contributed by atoms with Gasteiger partial charge in [-0.3, -0.25) is 4.99 Å². The van der Waals surface area contributed by atoms with E-state index in [1.807, 2.05) is 7.05 Å². The van der Waals surface area contributed by atoms with Gasteiger partial charge in [-0.25, -0.2) is 0 Å². The van der Waals surface area contributed by atoms with Crippen molar-refractivity contribution in [3.8, 4) is 12.3 Å². The molecule has 2 atom stereocenters. The molecule has 1 aliphatic heterocycles. The van der Waals surface area contributed by atoms with Crippen LogP contribution in [-0.2, 0) is 0 Å². The number of nitrogens with one attached hydrogen (secondary N) is 1. The van der Waals surface area contributed by atoms with E-state index in [4.69, 9.17) is 6.42 Å². The molecule has 0 spiro atoms. The molecule has 112 valence electrons. The maximum Gasteiger partial charge on any atom is 0.194 e. The van der Waals surface area contributed by atoms with E-state index < -0.39 is 0 Å². The lowest BCUT2D eigenvalue weighted by Crippen LogP contribution is -2.48. The van der Waals surface area contributed by atoms with E-state index in [0.29, 0.717) is 18.4 Å². The molecule has 0 aromatic heterocycles. The third-order valence-corrected chi connectivity index (χ3v) is 4.35. The largest absolute Gasteiger partial charge is 0.345 e. The normalized spacial score (nSPS) is 22.7. The van der Waals surface area contributed by atoms with Crippen LogP contribution in [0.1, 0.15) is 31.2 Å². The van der Waals surface area contributed by atoms with Gasteiger partial charge in [0.25, 0.3) is 0 Å². The molecular formula is C18H25N3. The summed E-state index contributed by atoms with van der Waals surface area (Å²) < 4.78 is 0. The van der Waals surface area contributed by atoms with Crippen molar-refractivity contribution in [1.29, 1.82) is 0 Å². The Hall–Kier alpha value is -1.95. The fourth-order valence-corrected chi connectivity index (χ4v) is 3.24. The molecule has 21 heavy (non-hydrogen) atoms. The average Bonchev–Trinajstić information content (AvgIpc) is 2.56. The Kier molecular flexibility index (Phi) is 5.68. The Morgan fingerprint density at radius 2 is 2.19 bits per heavy atom. The number of hydrogen-bond donors (Lipinski definition) is 1. The second kappa shape index (κ2) is 7.73. The Morgan fingerprint density at radius 3 is 2.81 bits per heavy atom. The highest BCUT2D eigenvalue weighted by Gasteiger charge is 2.30. The summed E-state index contributed by atoms with van der Waals surface area (Å²) >= 11 is 0. The summed E-state index contributed by atoms with van der Waals surface area (Å²) in [7, 11) is 1.82. The topological polar surface area (TPSA) is 27.6 Å². The van der Waals surface area contributed by atoms with Crippen molar-refractivity contribution in [2.75, 3.05) is 26.7 Å². The molecular weight excluding hydrogens is 258 g/mol. The third-order valence-electron chi connectivity index (χ3n) is 4.35. The number of aliphatic imine (C=N–C) groups is 1. The maximum atomic E-state index is 5.33. The number of rotatable bonds is 3. The van der Waals surface area contributed by atoms with Gasteiger partial charge in [0.05, 0.1) is 6.54 Å². The number of piperidine rings is 1. The quantitative estimate of drug-likeness (QED) is 0.525. The average molecular weight is 283 g/mol. The monoisotopic (exact) mass is 283 g/mol. The zero-order valence-corrected chi connectivity index (χ0v) is 13.0. The van der Waals surface area contributed by atoms with Crippen molar-refractivity contribution >= 4 is 5.96 Å². The number of hydrogen-bond acceptors (Lipinski definition) is 1. The molecule has 0 amide bonds. The van der Waals surface area contributed by atoms with Gasteiger partial charge in [0.15, 0.2) is 5.96 Å². The molecule has 3 nitrogen and oxygen atoms in total. The molecule has 1 fully saturated rings. The first-order chi connectivity index (χ1) is 10.3. The van der Waals surface area contributed by atoms with Gasteiger partial charge in [-0.05, 0) is 23.8 Å². The molecule has 1 heterocycles. The van der Waals surface area contributed by atoms with Gasteiger partial charge >= 0.3 is 0 Å². The van der Waals surface area contributed by atoms with E-state index in [-0.39, 0.29) is 0 Å². The van der Waals surface area contributed by atoms with E-state index in [1.165, 1.54) is 18.4 Å². The minimum atomic E-state index is 0.530. The molecule has 0 bridgehead atoms. The van der Waals surface area contributed by atoms with E-state index in [1.54, 1.807) is 0 Å². The van der Waals surface area contributed by atoms with Crippen molar-refractivity contribution in [2.45, 2.75) is 25.7 Å².